The topological polar surface area (TPSA) is 87.5 Å². The molecule has 0 radical (unpaired) electrons. The van der Waals surface area contributed by atoms with E-state index in [-0.39, 0.29) is 23.9 Å². The Morgan fingerprint density at radius 3 is 2.14 bits per heavy atom. The second-order valence-electron chi connectivity index (χ2n) is 6.69. The molecular formula is C16H30N4O2. The maximum Gasteiger partial charge on any atom is 0.315 e. The minimum absolute atomic E-state index is 0.0491. The van der Waals surface area contributed by atoms with Crippen LogP contribution in [0, 0.1) is 5.92 Å². The first-order valence-electron chi connectivity index (χ1n) is 8.66. The Morgan fingerprint density at radius 2 is 1.59 bits per heavy atom. The van der Waals surface area contributed by atoms with Crippen molar-refractivity contribution in [3.8, 4) is 0 Å². The van der Waals surface area contributed by atoms with Crippen LogP contribution in [0.3, 0.4) is 0 Å². The van der Waals surface area contributed by atoms with Gasteiger partial charge < -0.3 is 21.3 Å². The van der Waals surface area contributed by atoms with E-state index in [1.165, 1.54) is 19.3 Å². The number of hydrogen-bond acceptors (Lipinski definition) is 3. The molecule has 1 saturated carbocycles. The van der Waals surface area contributed by atoms with E-state index < -0.39 is 0 Å². The maximum absolute atomic E-state index is 12.1. The van der Waals surface area contributed by atoms with Crippen LogP contribution in [-0.2, 0) is 4.79 Å². The van der Waals surface area contributed by atoms with Crippen LogP contribution in [0.5, 0.6) is 0 Å². The number of nitrogens with zero attached hydrogens (tertiary/aromatic N) is 1. The van der Waals surface area contributed by atoms with Gasteiger partial charge in [-0.15, -0.1) is 0 Å². The molecule has 126 valence electrons. The molecule has 1 aliphatic carbocycles. The quantitative estimate of drug-likeness (QED) is 0.729. The van der Waals surface area contributed by atoms with Gasteiger partial charge >= 0.3 is 6.03 Å². The van der Waals surface area contributed by atoms with E-state index in [0.29, 0.717) is 25.7 Å². The van der Waals surface area contributed by atoms with E-state index in [4.69, 9.17) is 5.73 Å². The predicted octanol–water partition coefficient (Wildman–Crippen LogP) is 1.20. The largest absolute Gasteiger partial charge is 0.342 e. The van der Waals surface area contributed by atoms with Gasteiger partial charge in [0.05, 0.1) is 0 Å². The first-order valence-corrected chi connectivity index (χ1v) is 8.66. The molecule has 0 spiro atoms. The van der Waals surface area contributed by atoms with Gasteiger partial charge in [-0.3, -0.25) is 4.79 Å². The Bertz CT molecular complexity index is 374. The first kappa shape index (κ1) is 17.1. The SMILES string of the molecule is CC(CN)C(=O)N1CCC(NC(=O)NC2CCCCC2)CC1. The second-order valence-corrected chi connectivity index (χ2v) is 6.69. The number of nitrogens with two attached hydrogens (primary N) is 1. The lowest BCUT2D eigenvalue weighted by Crippen LogP contribution is -2.52. The fourth-order valence-corrected chi connectivity index (χ4v) is 3.32. The summed E-state index contributed by atoms with van der Waals surface area (Å²) in [6.07, 6.45) is 7.54. The summed E-state index contributed by atoms with van der Waals surface area (Å²) in [5, 5.41) is 6.14. The Kier molecular flexibility index (Phi) is 6.49. The Balaban J connectivity index is 1.68. The monoisotopic (exact) mass is 310 g/mol. The summed E-state index contributed by atoms with van der Waals surface area (Å²) in [7, 11) is 0. The van der Waals surface area contributed by atoms with Crippen molar-refractivity contribution >= 4 is 11.9 Å². The van der Waals surface area contributed by atoms with E-state index >= 15 is 0 Å². The van der Waals surface area contributed by atoms with Crippen LogP contribution in [0.4, 0.5) is 4.79 Å². The van der Waals surface area contributed by atoms with Crippen LogP contribution in [0.2, 0.25) is 0 Å². The highest BCUT2D eigenvalue weighted by Gasteiger charge is 2.26. The average Bonchev–Trinajstić information content (AvgIpc) is 2.55. The smallest absolute Gasteiger partial charge is 0.315 e. The van der Waals surface area contributed by atoms with Gasteiger partial charge in [0.15, 0.2) is 0 Å². The van der Waals surface area contributed by atoms with Crippen LogP contribution in [0.1, 0.15) is 51.9 Å². The summed E-state index contributed by atoms with van der Waals surface area (Å²) in [4.78, 5) is 26.0. The van der Waals surface area contributed by atoms with Gasteiger partial charge in [0.25, 0.3) is 0 Å². The molecule has 3 amide bonds. The minimum Gasteiger partial charge on any atom is -0.342 e. The first-order chi connectivity index (χ1) is 10.6. The van der Waals surface area contributed by atoms with Crippen LogP contribution in [0.15, 0.2) is 0 Å². The lowest BCUT2D eigenvalue weighted by Gasteiger charge is -2.34. The van der Waals surface area contributed by atoms with Gasteiger partial charge in [-0.25, -0.2) is 4.79 Å². The summed E-state index contributed by atoms with van der Waals surface area (Å²) < 4.78 is 0. The third-order valence-electron chi connectivity index (χ3n) is 4.86. The number of rotatable bonds is 4. The second kappa shape index (κ2) is 8.36. The highest BCUT2D eigenvalue weighted by Crippen LogP contribution is 2.17. The van der Waals surface area contributed by atoms with E-state index in [0.717, 1.165) is 25.7 Å². The molecule has 0 bridgehead atoms. The number of carbonyl (C=O) groups excluding carboxylic acids is 2. The molecule has 1 atom stereocenters. The number of likely N-dealkylation sites (tertiary alicyclic amines) is 1. The number of urea groups is 1. The van der Waals surface area contributed by atoms with E-state index in [9.17, 15) is 9.59 Å². The lowest BCUT2D eigenvalue weighted by molar-refractivity contribution is -0.135. The van der Waals surface area contributed by atoms with Crippen molar-refractivity contribution in [2.75, 3.05) is 19.6 Å². The summed E-state index contributed by atoms with van der Waals surface area (Å²) in [5.74, 6) is 0.0201. The van der Waals surface area contributed by atoms with Crippen molar-refractivity contribution in [1.29, 1.82) is 0 Å². The molecule has 6 nitrogen and oxygen atoms in total. The van der Waals surface area contributed by atoms with E-state index in [1.807, 2.05) is 11.8 Å². The average molecular weight is 310 g/mol. The molecule has 2 fully saturated rings. The number of piperidine rings is 1. The summed E-state index contributed by atoms with van der Waals surface area (Å²) >= 11 is 0. The number of hydrogen-bond donors (Lipinski definition) is 3. The van der Waals surface area contributed by atoms with E-state index in [2.05, 4.69) is 10.6 Å². The molecule has 0 aromatic rings. The summed E-state index contributed by atoms with van der Waals surface area (Å²) in [6, 6.07) is 0.452. The van der Waals surface area contributed by atoms with E-state index in [1.54, 1.807) is 0 Å². The molecule has 6 heteroatoms. The molecule has 1 unspecified atom stereocenters. The van der Waals surface area contributed by atoms with Gasteiger partial charge in [-0.1, -0.05) is 26.2 Å². The zero-order valence-corrected chi connectivity index (χ0v) is 13.6. The molecule has 22 heavy (non-hydrogen) atoms. The molecule has 0 aromatic carbocycles. The Hall–Kier alpha value is -1.30. The predicted molar refractivity (Wildman–Crippen MR) is 86.4 cm³/mol. The third-order valence-corrected chi connectivity index (χ3v) is 4.86. The standard InChI is InChI=1S/C16H30N4O2/c1-12(11-17)15(21)20-9-7-14(8-10-20)19-16(22)18-13-5-3-2-4-6-13/h12-14H,2-11,17H2,1H3,(H2,18,19,22). The number of amides is 3. The van der Waals surface area contributed by atoms with Gasteiger partial charge in [-0.05, 0) is 25.7 Å². The molecule has 2 aliphatic rings. The van der Waals surface area contributed by atoms with Crippen LogP contribution >= 0.6 is 0 Å². The highest BCUT2D eigenvalue weighted by atomic mass is 16.2. The van der Waals surface area contributed by atoms with Crippen molar-refractivity contribution in [2.24, 2.45) is 11.7 Å². The van der Waals surface area contributed by atoms with Crippen molar-refractivity contribution in [1.82, 2.24) is 15.5 Å². The number of carbonyl (C=O) groups is 2. The lowest BCUT2D eigenvalue weighted by atomic mass is 9.96. The molecule has 1 saturated heterocycles. The fraction of sp³-hybridized carbons (Fsp3) is 0.875. The molecule has 2 rings (SSSR count). The Morgan fingerprint density at radius 1 is 1.05 bits per heavy atom. The third kappa shape index (κ3) is 4.87. The van der Waals surface area contributed by atoms with Gasteiger partial charge in [0, 0.05) is 37.6 Å². The highest BCUT2D eigenvalue weighted by molar-refractivity contribution is 5.79. The fourth-order valence-electron chi connectivity index (χ4n) is 3.32. The van der Waals surface area contributed by atoms with Crippen LogP contribution < -0.4 is 16.4 Å². The van der Waals surface area contributed by atoms with Crippen LogP contribution in [0.25, 0.3) is 0 Å². The van der Waals surface area contributed by atoms with Gasteiger partial charge in [0.2, 0.25) is 5.91 Å². The maximum atomic E-state index is 12.1. The number of nitrogens with one attached hydrogen (secondary N) is 2. The molecule has 0 aromatic heterocycles. The summed E-state index contributed by atoms with van der Waals surface area (Å²) in [5.41, 5.74) is 5.55. The van der Waals surface area contributed by atoms with Crippen molar-refractivity contribution in [3.05, 3.63) is 0 Å². The van der Waals surface area contributed by atoms with Crippen LogP contribution in [-0.4, -0.2) is 48.6 Å². The molecule has 1 heterocycles. The molecule has 1 aliphatic heterocycles. The zero-order chi connectivity index (χ0) is 15.9. The zero-order valence-electron chi connectivity index (χ0n) is 13.6. The molecular weight excluding hydrogens is 280 g/mol. The van der Waals surface area contributed by atoms with Crippen molar-refractivity contribution in [3.63, 3.8) is 0 Å². The van der Waals surface area contributed by atoms with Gasteiger partial charge in [-0.2, -0.15) is 0 Å². The van der Waals surface area contributed by atoms with Gasteiger partial charge in [0.1, 0.15) is 0 Å². The van der Waals surface area contributed by atoms with Crippen molar-refractivity contribution < 1.29 is 9.59 Å². The normalized spacial score (nSPS) is 22.2. The minimum atomic E-state index is -0.112. The Labute approximate surface area is 133 Å². The summed E-state index contributed by atoms with van der Waals surface area (Å²) in [6.45, 7) is 3.67. The molecule has 4 N–H and O–H groups in total. The van der Waals surface area contributed by atoms with Crippen molar-refractivity contribution in [2.45, 2.75) is 64.0 Å².